The fraction of sp³-hybridized carbons (Fsp3) is 0.0500. The molecule has 0 saturated carbocycles. The fourth-order valence-corrected chi connectivity index (χ4v) is 2.64. The van der Waals surface area contributed by atoms with Gasteiger partial charge in [-0.1, -0.05) is 24.3 Å². The van der Waals surface area contributed by atoms with E-state index in [2.05, 4.69) is 5.32 Å². The van der Waals surface area contributed by atoms with Gasteiger partial charge in [-0.15, -0.1) is 0 Å². The predicted molar refractivity (Wildman–Crippen MR) is 101 cm³/mol. The molecule has 0 fully saturated rings. The lowest BCUT2D eigenvalue weighted by Gasteiger charge is -2.11. The van der Waals surface area contributed by atoms with E-state index in [4.69, 9.17) is 10.5 Å². The van der Waals surface area contributed by atoms with Crippen LogP contribution in [0.5, 0.6) is 0 Å². The number of hydrogen-bond acceptors (Lipinski definition) is 5. The van der Waals surface area contributed by atoms with Gasteiger partial charge in [0.25, 0.3) is 5.91 Å². The fourth-order valence-electron chi connectivity index (χ4n) is 2.64. The summed E-state index contributed by atoms with van der Waals surface area (Å²) in [7, 11) is 1.24. The Bertz CT molecular complexity index is 1050. The van der Waals surface area contributed by atoms with Gasteiger partial charge in [0.05, 0.1) is 18.4 Å². The number of nitriles is 1. The largest absolute Gasteiger partial charge is 0.464 e. The molecule has 1 amide bonds. The highest BCUT2D eigenvalue weighted by atomic mass is 16.5. The Morgan fingerprint density at radius 3 is 2.56 bits per heavy atom. The summed E-state index contributed by atoms with van der Waals surface area (Å²) in [6.45, 7) is 0. The molecule has 0 aliphatic rings. The monoisotopic (exact) mass is 360 g/mol. The van der Waals surface area contributed by atoms with Crippen LogP contribution in [0.25, 0.3) is 5.69 Å². The number of ether oxygens (including phenoxy) is 1. The first-order valence-corrected chi connectivity index (χ1v) is 8.01. The Labute approximate surface area is 155 Å². The number of carbonyl (C=O) groups is 2. The number of benzene rings is 2. The second-order valence-electron chi connectivity index (χ2n) is 5.65. The molecule has 7 nitrogen and oxygen atoms in total. The van der Waals surface area contributed by atoms with Gasteiger partial charge in [0, 0.05) is 23.1 Å². The molecule has 3 N–H and O–H groups in total. The molecule has 0 unspecified atom stereocenters. The lowest BCUT2D eigenvalue weighted by atomic mass is 10.2. The SMILES string of the molecule is COC(=O)c1c(N)c(C#N)cn1-c1cccc(NC(=O)c2ccccc2)c1. The lowest BCUT2D eigenvalue weighted by molar-refractivity contribution is 0.0593. The van der Waals surface area contributed by atoms with Gasteiger partial charge in [-0.05, 0) is 30.3 Å². The number of hydrogen-bond donors (Lipinski definition) is 2. The number of carbonyl (C=O) groups excluding carboxylic acids is 2. The molecular weight excluding hydrogens is 344 g/mol. The van der Waals surface area contributed by atoms with Gasteiger partial charge >= 0.3 is 5.97 Å². The molecule has 0 saturated heterocycles. The van der Waals surface area contributed by atoms with E-state index in [1.165, 1.54) is 17.9 Å². The summed E-state index contributed by atoms with van der Waals surface area (Å²) in [6, 6.07) is 17.6. The van der Waals surface area contributed by atoms with Crippen LogP contribution >= 0.6 is 0 Å². The molecule has 0 radical (unpaired) electrons. The van der Waals surface area contributed by atoms with Crippen LogP contribution in [0.2, 0.25) is 0 Å². The van der Waals surface area contributed by atoms with Crippen molar-refractivity contribution >= 4 is 23.3 Å². The van der Waals surface area contributed by atoms with E-state index in [0.29, 0.717) is 16.9 Å². The van der Waals surface area contributed by atoms with Crippen LogP contribution in [0.1, 0.15) is 26.4 Å². The number of rotatable bonds is 4. The number of nitrogens with one attached hydrogen (secondary N) is 1. The summed E-state index contributed by atoms with van der Waals surface area (Å²) in [6.07, 6.45) is 1.46. The van der Waals surface area contributed by atoms with Gasteiger partial charge in [0.2, 0.25) is 0 Å². The highest BCUT2D eigenvalue weighted by Crippen LogP contribution is 2.26. The van der Waals surface area contributed by atoms with Gasteiger partial charge in [-0.2, -0.15) is 5.26 Å². The molecule has 3 aromatic rings. The van der Waals surface area contributed by atoms with E-state index >= 15 is 0 Å². The number of aromatic nitrogens is 1. The van der Waals surface area contributed by atoms with E-state index in [9.17, 15) is 14.9 Å². The molecule has 0 aliphatic carbocycles. The van der Waals surface area contributed by atoms with Crippen molar-refractivity contribution in [3.8, 4) is 11.8 Å². The van der Waals surface area contributed by atoms with E-state index in [-0.39, 0.29) is 22.9 Å². The van der Waals surface area contributed by atoms with Gasteiger partial charge in [0.15, 0.2) is 5.69 Å². The van der Waals surface area contributed by atoms with Crippen LogP contribution in [-0.4, -0.2) is 23.6 Å². The first-order valence-electron chi connectivity index (χ1n) is 8.01. The number of amides is 1. The van der Waals surface area contributed by atoms with Crippen LogP contribution in [-0.2, 0) is 4.74 Å². The second-order valence-corrected chi connectivity index (χ2v) is 5.65. The van der Waals surface area contributed by atoms with Crippen molar-refractivity contribution in [1.82, 2.24) is 4.57 Å². The third-order valence-corrected chi connectivity index (χ3v) is 3.96. The summed E-state index contributed by atoms with van der Waals surface area (Å²) in [4.78, 5) is 24.4. The van der Waals surface area contributed by atoms with Crippen molar-refractivity contribution in [3.63, 3.8) is 0 Å². The Hall–Kier alpha value is -4.05. The number of nitrogens with two attached hydrogens (primary N) is 1. The minimum atomic E-state index is -0.660. The molecule has 0 spiro atoms. The van der Waals surface area contributed by atoms with E-state index in [1.807, 2.05) is 12.1 Å². The number of methoxy groups -OCH3 is 1. The predicted octanol–water partition coefficient (Wildman–Crippen LogP) is 2.97. The summed E-state index contributed by atoms with van der Waals surface area (Å²) < 4.78 is 6.24. The third-order valence-electron chi connectivity index (χ3n) is 3.96. The summed E-state index contributed by atoms with van der Waals surface area (Å²) in [5, 5.41) is 12.0. The molecule has 134 valence electrons. The molecule has 0 aliphatic heterocycles. The molecule has 0 bridgehead atoms. The maximum absolute atomic E-state index is 12.3. The minimum absolute atomic E-state index is 0.0445. The Morgan fingerprint density at radius 2 is 1.89 bits per heavy atom. The third kappa shape index (κ3) is 3.50. The smallest absolute Gasteiger partial charge is 0.357 e. The topological polar surface area (TPSA) is 110 Å². The molecule has 0 atom stereocenters. The van der Waals surface area contributed by atoms with Crippen molar-refractivity contribution in [3.05, 3.63) is 77.6 Å². The minimum Gasteiger partial charge on any atom is -0.464 e. The normalized spacial score (nSPS) is 10.1. The molecule has 2 aromatic carbocycles. The van der Waals surface area contributed by atoms with Gasteiger partial charge in [-0.25, -0.2) is 4.79 Å². The van der Waals surface area contributed by atoms with Crippen LogP contribution in [0.3, 0.4) is 0 Å². The van der Waals surface area contributed by atoms with E-state index in [1.54, 1.807) is 48.5 Å². The first kappa shape index (κ1) is 17.8. The zero-order valence-electron chi connectivity index (χ0n) is 14.5. The van der Waals surface area contributed by atoms with E-state index in [0.717, 1.165) is 0 Å². The summed E-state index contributed by atoms with van der Waals surface area (Å²) in [5.74, 6) is -0.918. The quantitative estimate of drug-likeness (QED) is 0.695. The van der Waals surface area contributed by atoms with Gasteiger partial charge < -0.3 is 20.4 Å². The van der Waals surface area contributed by atoms with Gasteiger partial charge in [0.1, 0.15) is 6.07 Å². The average molecular weight is 360 g/mol. The van der Waals surface area contributed by atoms with E-state index < -0.39 is 5.97 Å². The maximum Gasteiger partial charge on any atom is 0.357 e. The molecule has 1 heterocycles. The Kier molecular flexibility index (Phi) is 4.90. The molecule has 3 rings (SSSR count). The van der Waals surface area contributed by atoms with Crippen LogP contribution in [0.4, 0.5) is 11.4 Å². The van der Waals surface area contributed by atoms with Crippen molar-refractivity contribution in [2.24, 2.45) is 0 Å². The number of nitrogen functional groups attached to an aromatic ring is 1. The highest BCUT2D eigenvalue weighted by molar-refractivity contribution is 6.04. The summed E-state index contributed by atoms with van der Waals surface area (Å²) >= 11 is 0. The Balaban J connectivity index is 1.98. The lowest BCUT2D eigenvalue weighted by Crippen LogP contribution is -2.13. The van der Waals surface area contributed by atoms with Crippen molar-refractivity contribution in [1.29, 1.82) is 5.26 Å². The van der Waals surface area contributed by atoms with Crippen molar-refractivity contribution in [2.75, 3.05) is 18.2 Å². The maximum atomic E-state index is 12.3. The second kappa shape index (κ2) is 7.45. The molecule has 1 aromatic heterocycles. The average Bonchev–Trinajstić information content (AvgIpc) is 3.04. The summed E-state index contributed by atoms with van der Waals surface area (Å²) in [5.41, 5.74) is 7.78. The standard InChI is InChI=1S/C20H16N4O3/c1-27-20(26)18-17(22)14(11-21)12-24(18)16-9-5-8-15(10-16)23-19(25)13-6-3-2-4-7-13/h2-10,12H,22H2,1H3,(H,23,25). The van der Waals surface area contributed by atoms with Crippen molar-refractivity contribution in [2.45, 2.75) is 0 Å². The first-order chi connectivity index (χ1) is 13.0. The molecule has 27 heavy (non-hydrogen) atoms. The van der Waals surface area contributed by atoms with Crippen molar-refractivity contribution < 1.29 is 14.3 Å². The Morgan fingerprint density at radius 1 is 1.15 bits per heavy atom. The van der Waals surface area contributed by atoms with Crippen LogP contribution < -0.4 is 11.1 Å². The number of anilines is 2. The highest BCUT2D eigenvalue weighted by Gasteiger charge is 2.21. The molecular formula is C20H16N4O3. The van der Waals surface area contributed by atoms with Crippen LogP contribution in [0.15, 0.2) is 60.8 Å². The molecule has 7 heteroatoms. The number of nitrogens with zero attached hydrogens (tertiary/aromatic N) is 2. The zero-order valence-corrected chi connectivity index (χ0v) is 14.5. The zero-order chi connectivity index (χ0) is 19.4. The number of esters is 1. The van der Waals surface area contributed by atoms with Crippen LogP contribution in [0, 0.1) is 11.3 Å². The van der Waals surface area contributed by atoms with Gasteiger partial charge in [-0.3, -0.25) is 4.79 Å².